The molecule has 1 aromatic carbocycles. The lowest BCUT2D eigenvalue weighted by Gasteiger charge is -2.25. The normalized spacial score (nSPS) is 18.9. The summed E-state index contributed by atoms with van der Waals surface area (Å²) < 4.78 is 5.54. The number of rotatable bonds is 7. The summed E-state index contributed by atoms with van der Waals surface area (Å²) in [6.07, 6.45) is 5.92. The third-order valence-electron chi connectivity index (χ3n) is 3.94. The molecule has 122 valence electrons. The van der Waals surface area contributed by atoms with Crippen molar-refractivity contribution in [1.82, 2.24) is 0 Å². The minimum atomic E-state index is 0.0215. The van der Waals surface area contributed by atoms with Crippen molar-refractivity contribution < 1.29 is 9.57 Å². The van der Waals surface area contributed by atoms with Crippen LogP contribution in [0.4, 0.5) is 0 Å². The number of nitrogens with zero attached hydrogens (tertiary/aromatic N) is 1. The van der Waals surface area contributed by atoms with E-state index in [1.807, 2.05) is 30.3 Å². The smallest absolute Gasteiger partial charge is 0.149 e. The lowest BCUT2D eigenvalue weighted by Crippen LogP contribution is -2.24. The van der Waals surface area contributed by atoms with Gasteiger partial charge in [-0.25, -0.2) is 0 Å². The van der Waals surface area contributed by atoms with Gasteiger partial charge in [-0.1, -0.05) is 17.2 Å². The van der Waals surface area contributed by atoms with Crippen LogP contribution in [0.5, 0.6) is 5.75 Å². The number of benzene rings is 1. The average Bonchev–Trinajstić information content (AvgIpc) is 3.04. The van der Waals surface area contributed by atoms with Crippen molar-refractivity contribution in [2.75, 3.05) is 12.9 Å². The zero-order valence-corrected chi connectivity index (χ0v) is 14.8. The lowest BCUT2D eigenvalue weighted by atomic mass is 9.97. The first kappa shape index (κ1) is 17.5. The molecule has 0 N–H and O–H groups in total. The summed E-state index contributed by atoms with van der Waals surface area (Å²) in [4.78, 5) is 5.61. The maximum Gasteiger partial charge on any atom is 0.149 e. The molecule has 0 amide bonds. The van der Waals surface area contributed by atoms with Crippen LogP contribution in [0.1, 0.15) is 32.3 Å². The van der Waals surface area contributed by atoms with Crippen molar-refractivity contribution in [3.63, 3.8) is 0 Å². The van der Waals surface area contributed by atoms with E-state index in [1.54, 1.807) is 18.7 Å². The van der Waals surface area contributed by atoms with Crippen molar-refractivity contribution in [2.24, 2.45) is 5.16 Å². The van der Waals surface area contributed by atoms with Crippen LogP contribution in [-0.4, -0.2) is 29.4 Å². The fourth-order valence-corrected chi connectivity index (χ4v) is 2.86. The Kier molecular flexibility index (Phi) is 6.18. The Bertz CT molecular complexity index is 627. The highest BCUT2D eigenvalue weighted by Crippen LogP contribution is 2.33. The number of hydrogen-bond acceptors (Lipinski definition) is 4. The number of oxime groups is 1. The van der Waals surface area contributed by atoms with Gasteiger partial charge in [0.05, 0.1) is 5.71 Å². The first-order valence-corrected chi connectivity index (χ1v) is 8.87. The molecule has 0 radical (unpaired) electrons. The van der Waals surface area contributed by atoms with Gasteiger partial charge in [0.2, 0.25) is 0 Å². The van der Waals surface area contributed by atoms with E-state index in [1.165, 1.54) is 0 Å². The van der Waals surface area contributed by atoms with E-state index in [0.717, 1.165) is 29.9 Å². The minimum Gasteiger partial charge on any atom is -0.481 e. The zero-order valence-electron chi connectivity index (χ0n) is 14.0. The second-order valence-electron chi connectivity index (χ2n) is 5.63. The first-order valence-electron chi connectivity index (χ1n) is 7.64. The lowest BCUT2D eigenvalue weighted by molar-refractivity contribution is 0.0754. The maximum atomic E-state index is 5.61. The summed E-state index contributed by atoms with van der Waals surface area (Å²) in [5, 5.41) is 4.26. The van der Waals surface area contributed by atoms with Crippen LogP contribution < -0.4 is 4.74 Å². The van der Waals surface area contributed by atoms with E-state index in [-0.39, 0.29) is 10.9 Å². The summed E-state index contributed by atoms with van der Waals surface area (Å²) in [5.41, 5.74) is 2.06. The molecule has 23 heavy (non-hydrogen) atoms. The van der Waals surface area contributed by atoms with Gasteiger partial charge in [0.15, 0.2) is 0 Å². The average molecular weight is 329 g/mol. The molecule has 0 saturated carbocycles. The first-order chi connectivity index (χ1) is 11.1. The highest BCUT2D eigenvalue weighted by molar-refractivity contribution is 8.00. The summed E-state index contributed by atoms with van der Waals surface area (Å²) in [6.45, 7) is 8.32. The SMILES string of the molecule is C=CC(C)(CC1CC(c2ccc(OCC#CC)cc2)=NO1)SC. The fraction of sp³-hybridized carbons (Fsp3) is 0.421. The molecule has 1 aromatic rings. The van der Waals surface area contributed by atoms with Crippen LogP contribution >= 0.6 is 11.8 Å². The topological polar surface area (TPSA) is 30.8 Å². The molecular weight excluding hydrogens is 306 g/mol. The summed E-state index contributed by atoms with van der Waals surface area (Å²) in [6, 6.07) is 7.91. The highest BCUT2D eigenvalue weighted by Gasteiger charge is 2.30. The van der Waals surface area contributed by atoms with Gasteiger partial charge in [-0.05, 0) is 49.9 Å². The Morgan fingerprint density at radius 2 is 2.22 bits per heavy atom. The van der Waals surface area contributed by atoms with E-state index < -0.39 is 0 Å². The Morgan fingerprint density at radius 3 is 2.83 bits per heavy atom. The van der Waals surface area contributed by atoms with Crippen molar-refractivity contribution in [2.45, 2.75) is 37.5 Å². The molecule has 1 aliphatic heterocycles. The van der Waals surface area contributed by atoms with E-state index in [0.29, 0.717) is 6.61 Å². The molecule has 0 fully saturated rings. The molecular formula is C19H23NO2S. The Balaban J connectivity index is 1.93. The van der Waals surface area contributed by atoms with Crippen LogP contribution in [0, 0.1) is 11.8 Å². The van der Waals surface area contributed by atoms with Crippen LogP contribution in [0.15, 0.2) is 42.1 Å². The second-order valence-corrected chi connectivity index (χ2v) is 6.98. The van der Waals surface area contributed by atoms with Crippen LogP contribution in [0.2, 0.25) is 0 Å². The number of hydrogen-bond donors (Lipinski definition) is 0. The highest BCUT2D eigenvalue weighted by atomic mass is 32.2. The standard InChI is InChI=1S/C19H23NO2S/c1-5-7-12-21-16-10-8-15(9-11-16)18-13-17(22-20-18)14-19(3,6-2)23-4/h6,8-11,17H,2,12-14H2,1,3-4H3. The molecule has 2 unspecified atom stereocenters. The van der Waals surface area contributed by atoms with Crippen molar-refractivity contribution in [1.29, 1.82) is 0 Å². The predicted molar refractivity (Wildman–Crippen MR) is 98.1 cm³/mol. The molecule has 1 aliphatic rings. The molecule has 0 aliphatic carbocycles. The van der Waals surface area contributed by atoms with Crippen molar-refractivity contribution in [3.05, 3.63) is 42.5 Å². The third-order valence-corrected chi connectivity index (χ3v) is 5.21. The fourth-order valence-electron chi connectivity index (χ4n) is 2.35. The van der Waals surface area contributed by atoms with Gasteiger partial charge < -0.3 is 9.57 Å². The Morgan fingerprint density at radius 1 is 1.48 bits per heavy atom. The van der Waals surface area contributed by atoms with E-state index in [9.17, 15) is 0 Å². The number of thioether (sulfide) groups is 1. The van der Waals surface area contributed by atoms with Crippen molar-refractivity contribution >= 4 is 17.5 Å². The van der Waals surface area contributed by atoms with Gasteiger partial charge in [-0.15, -0.1) is 12.5 Å². The zero-order chi connectivity index (χ0) is 16.7. The maximum absolute atomic E-state index is 5.61. The summed E-state index contributed by atoms with van der Waals surface area (Å²) in [5.74, 6) is 6.50. The molecule has 4 heteroatoms. The minimum absolute atomic E-state index is 0.0215. The van der Waals surface area contributed by atoms with Gasteiger partial charge in [0.1, 0.15) is 18.5 Å². The molecule has 0 aromatic heterocycles. The molecule has 3 nitrogen and oxygen atoms in total. The van der Waals surface area contributed by atoms with Crippen LogP contribution in [-0.2, 0) is 4.84 Å². The van der Waals surface area contributed by atoms with Gasteiger partial charge in [-0.2, -0.15) is 11.8 Å². The Labute approximate surface area is 143 Å². The third kappa shape index (κ3) is 4.80. The van der Waals surface area contributed by atoms with Gasteiger partial charge in [0.25, 0.3) is 0 Å². The molecule has 0 spiro atoms. The summed E-state index contributed by atoms with van der Waals surface area (Å²) >= 11 is 1.79. The van der Waals surface area contributed by atoms with Gasteiger partial charge in [0, 0.05) is 17.6 Å². The van der Waals surface area contributed by atoms with E-state index in [2.05, 4.69) is 36.8 Å². The predicted octanol–water partition coefficient (Wildman–Crippen LogP) is 4.28. The Hall–Kier alpha value is -1.86. The summed E-state index contributed by atoms with van der Waals surface area (Å²) in [7, 11) is 0. The molecule has 0 bridgehead atoms. The molecule has 0 saturated heterocycles. The van der Waals surface area contributed by atoms with Gasteiger partial charge >= 0.3 is 0 Å². The van der Waals surface area contributed by atoms with Crippen LogP contribution in [0.3, 0.4) is 0 Å². The number of ether oxygens (including phenoxy) is 1. The van der Waals surface area contributed by atoms with Gasteiger partial charge in [-0.3, -0.25) is 0 Å². The molecule has 2 rings (SSSR count). The largest absolute Gasteiger partial charge is 0.481 e. The molecule has 1 heterocycles. The van der Waals surface area contributed by atoms with Crippen molar-refractivity contribution in [3.8, 4) is 17.6 Å². The molecule has 2 atom stereocenters. The quantitative estimate of drug-likeness (QED) is 0.552. The second kappa shape index (κ2) is 8.12. The van der Waals surface area contributed by atoms with E-state index >= 15 is 0 Å². The van der Waals surface area contributed by atoms with E-state index in [4.69, 9.17) is 9.57 Å². The van der Waals surface area contributed by atoms with Crippen LogP contribution in [0.25, 0.3) is 0 Å². The monoisotopic (exact) mass is 329 g/mol.